The van der Waals surface area contributed by atoms with E-state index in [9.17, 15) is 14.9 Å². The molecule has 25 heavy (non-hydrogen) atoms. The number of benzene rings is 2. The number of amides is 1. The molecule has 0 radical (unpaired) electrons. The number of hydrogen-bond donors (Lipinski definition) is 1. The van der Waals surface area contributed by atoms with Gasteiger partial charge in [-0.1, -0.05) is 0 Å². The molecule has 0 spiro atoms. The zero-order chi connectivity index (χ0) is 18.1. The lowest BCUT2D eigenvalue weighted by atomic mass is 10.3. The summed E-state index contributed by atoms with van der Waals surface area (Å²) in [5.74, 6) is 2.30. The molecule has 0 saturated carbocycles. The number of thioether (sulfide) groups is 1. The van der Waals surface area contributed by atoms with Gasteiger partial charge in [0.1, 0.15) is 11.5 Å². The Labute approximate surface area is 149 Å². The van der Waals surface area contributed by atoms with Gasteiger partial charge in [-0.3, -0.25) is 14.9 Å². The maximum Gasteiger partial charge on any atom is 0.269 e. The van der Waals surface area contributed by atoms with E-state index >= 15 is 0 Å². The topological polar surface area (TPSA) is 90.7 Å². The molecule has 0 aliphatic rings. The predicted octanol–water partition coefficient (Wildman–Crippen LogP) is 3.35. The standard InChI is InChI=1S/C17H18N2O5S/c1-23-15-6-8-16(9-7-15)24-10-11-25-12-17(20)18-13-2-4-14(5-3-13)19(21)22/h2-9H,10-12H2,1H3,(H,18,20). The summed E-state index contributed by atoms with van der Waals surface area (Å²) in [7, 11) is 1.61. The van der Waals surface area contributed by atoms with Gasteiger partial charge in [0.15, 0.2) is 0 Å². The highest BCUT2D eigenvalue weighted by Crippen LogP contribution is 2.18. The van der Waals surface area contributed by atoms with Gasteiger partial charge in [0.2, 0.25) is 5.91 Å². The predicted molar refractivity (Wildman–Crippen MR) is 97.5 cm³/mol. The molecular formula is C17H18N2O5S. The van der Waals surface area contributed by atoms with Crippen LogP contribution in [0.15, 0.2) is 48.5 Å². The Morgan fingerprint density at radius 3 is 2.36 bits per heavy atom. The quantitative estimate of drug-likeness (QED) is 0.418. The molecule has 0 unspecified atom stereocenters. The van der Waals surface area contributed by atoms with Gasteiger partial charge in [-0.25, -0.2) is 0 Å². The van der Waals surface area contributed by atoms with Crippen molar-refractivity contribution in [1.82, 2.24) is 0 Å². The summed E-state index contributed by atoms with van der Waals surface area (Å²) in [5.41, 5.74) is 0.522. The molecule has 1 N–H and O–H groups in total. The van der Waals surface area contributed by atoms with Gasteiger partial charge in [0.05, 0.1) is 24.4 Å². The number of rotatable bonds is 9. The molecule has 0 aliphatic carbocycles. The van der Waals surface area contributed by atoms with Crippen LogP contribution in [0.1, 0.15) is 0 Å². The molecule has 0 atom stereocenters. The van der Waals surface area contributed by atoms with Gasteiger partial charge in [0, 0.05) is 23.6 Å². The van der Waals surface area contributed by atoms with Crippen LogP contribution in [-0.2, 0) is 4.79 Å². The lowest BCUT2D eigenvalue weighted by Crippen LogP contribution is -2.15. The van der Waals surface area contributed by atoms with Crippen LogP contribution < -0.4 is 14.8 Å². The van der Waals surface area contributed by atoms with E-state index < -0.39 is 4.92 Å². The Kier molecular flexibility index (Phi) is 7.09. The smallest absolute Gasteiger partial charge is 0.269 e. The summed E-state index contributed by atoms with van der Waals surface area (Å²) in [6.45, 7) is 0.488. The molecule has 0 fully saturated rings. The Morgan fingerprint density at radius 2 is 1.76 bits per heavy atom. The minimum Gasteiger partial charge on any atom is -0.497 e. The van der Waals surface area contributed by atoms with Crippen molar-refractivity contribution in [3.8, 4) is 11.5 Å². The number of non-ortho nitro benzene ring substituents is 1. The Bertz CT molecular complexity index is 704. The van der Waals surface area contributed by atoms with E-state index in [-0.39, 0.29) is 17.3 Å². The average molecular weight is 362 g/mol. The Balaban J connectivity index is 1.63. The minimum atomic E-state index is -0.482. The molecule has 0 bridgehead atoms. The third kappa shape index (κ3) is 6.34. The second kappa shape index (κ2) is 9.53. The van der Waals surface area contributed by atoms with Gasteiger partial charge in [-0.05, 0) is 36.4 Å². The molecule has 2 rings (SSSR count). The van der Waals surface area contributed by atoms with E-state index in [1.54, 1.807) is 7.11 Å². The first-order chi connectivity index (χ1) is 12.1. The zero-order valence-corrected chi connectivity index (χ0v) is 14.5. The molecule has 0 aliphatic heterocycles. The number of ether oxygens (including phenoxy) is 2. The maximum absolute atomic E-state index is 11.8. The fourth-order valence-corrected chi connectivity index (χ4v) is 2.52. The third-order valence-electron chi connectivity index (χ3n) is 3.15. The van der Waals surface area contributed by atoms with Crippen molar-refractivity contribution < 1.29 is 19.2 Å². The van der Waals surface area contributed by atoms with Gasteiger partial charge in [0.25, 0.3) is 5.69 Å². The first-order valence-corrected chi connectivity index (χ1v) is 8.63. The summed E-state index contributed by atoms with van der Waals surface area (Å²) >= 11 is 1.45. The second-order valence-electron chi connectivity index (χ2n) is 4.93. The van der Waals surface area contributed by atoms with Gasteiger partial charge in [-0.2, -0.15) is 0 Å². The summed E-state index contributed by atoms with van der Waals surface area (Å²) in [6, 6.07) is 13.0. The molecule has 7 nitrogen and oxygen atoms in total. The largest absolute Gasteiger partial charge is 0.497 e. The summed E-state index contributed by atoms with van der Waals surface area (Å²) < 4.78 is 10.6. The molecular weight excluding hydrogens is 344 g/mol. The van der Waals surface area contributed by atoms with Crippen LogP contribution in [0.3, 0.4) is 0 Å². The molecule has 0 heterocycles. The van der Waals surface area contributed by atoms with Crippen molar-refractivity contribution in [2.75, 3.05) is 30.5 Å². The van der Waals surface area contributed by atoms with E-state index in [2.05, 4.69) is 5.32 Å². The molecule has 8 heteroatoms. The molecule has 1 amide bonds. The van der Waals surface area contributed by atoms with Crippen molar-refractivity contribution in [1.29, 1.82) is 0 Å². The summed E-state index contributed by atoms with van der Waals surface area (Å²) in [6.07, 6.45) is 0. The van der Waals surface area contributed by atoms with Crippen molar-refractivity contribution in [3.63, 3.8) is 0 Å². The number of methoxy groups -OCH3 is 1. The van der Waals surface area contributed by atoms with Crippen molar-refractivity contribution in [3.05, 3.63) is 58.6 Å². The number of anilines is 1. The summed E-state index contributed by atoms with van der Waals surface area (Å²) in [4.78, 5) is 21.9. The average Bonchev–Trinajstić information content (AvgIpc) is 2.62. The van der Waals surface area contributed by atoms with E-state index in [4.69, 9.17) is 9.47 Å². The number of nitro groups is 1. The van der Waals surface area contributed by atoms with Gasteiger partial charge in [-0.15, -0.1) is 11.8 Å². The van der Waals surface area contributed by atoms with Crippen LogP contribution in [-0.4, -0.2) is 36.1 Å². The van der Waals surface area contributed by atoms with Crippen molar-refractivity contribution in [2.24, 2.45) is 0 Å². The fourth-order valence-electron chi connectivity index (χ4n) is 1.92. The second-order valence-corrected chi connectivity index (χ2v) is 6.03. The SMILES string of the molecule is COc1ccc(OCCSCC(=O)Nc2ccc([N+](=O)[O-])cc2)cc1. The normalized spacial score (nSPS) is 10.1. The number of nitro benzene ring substituents is 1. The number of nitrogens with one attached hydrogen (secondary N) is 1. The van der Waals surface area contributed by atoms with Crippen LogP contribution in [0.5, 0.6) is 11.5 Å². The maximum atomic E-state index is 11.8. The van der Waals surface area contributed by atoms with Crippen molar-refractivity contribution >= 4 is 29.0 Å². The first-order valence-electron chi connectivity index (χ1n) is 7.47. The minimum absolute atomic E-state index is 0.0111. The molecule has 2 aromatic rings. The van der Waals surface area contributed by atoms with E-state index in [0.29, 0.717) is 18.0 Å². The number of nitrogens with zero attached hydrogens (tertiary/aromatic N) is 1. The Morgan fingerprint density at radius 1 is 1.12 bits per heavy atom. The van der Waals surface area contributed by atoms with E-state index in [0.717, 1.165) is 11.5 Å². The van der Waals surface area contributed by atoms with E-state index in [1.807, 2.05) is 24.3 Å². The van der Waals surface area contributed by atoms with Gasteiger partial charge >= 0.3 is 0 Å². The lowest BCUT2D eigenvalue weighted by Gasteiger charge is -2.07. The first kappa shape index (κ1) is 18.6. The molecule has 0 saturated heterocycles. The molecule has 2 aromatic carbocycles. The summed E-state index contributed by atoms with van der Waals surface area (Å²) in [5, 5.41) is 13.3. The molecule has 132 valence electrons. The highest BCUT2D eigenvalue weighted by molar-refractivity contribution is 7.99. The number of hydrogen-bond acceptors (Lipinski definition) is 6. The Hall–Kier alpha value is -2.74. The van der Waals surface area contributed by atoms with E-state index in [1.165, 1.54) is 36.0 Å². The van der Waals surface area contributed by atoms with Gasteiger partial charge < -0.3 is 14.8 Å². The lowest BCUT2D eigenvalue weighted by molar-refractivity contribution is -0.384. The number of carbonyl (C=O) groups excluding carboxylic acids is 1. The molecule has 0 aromatic heterocycles. The van der Waals surface area contributed by atoms with Crippen LogP contribution in [0, 0.1) is 10.1 Å². The van der Waals surface area contributed by atoms with Crippen molar-refractivity contribution in [2.45, 2.75) is 0 Å². The zero-order valence-electron chi connectivity index (χ0n) is 13.6. The van der Waals surface area contributed by atoms with Crippen LogP contribution in [0.25, 0.3) is 0 Å². The highest BCUT2D eigenvalue weighted by Gasteiger charge is 2.06. The monoisotopic (exact) mass is 362 g/mol. The van der Waals surface area contributed by atoms with Crippen LogP contribution in [0.4, 0.5) is 11.4 Å². The van der Waals surface area contributed by atoms with Crippen LogP contribution >= 0.6 is 11.8 Å². The third-order valence-corrected chi connectivity index (χ3v) is 4.07. The highest BCUT2D eigenvalue weighted by atomic mass is 32.2. The fraction of sp³-hybridized carbons (Fsp3) is 0.235. The number of carbonyl (C=O) groups is 1. The van der Waals surface area contributed by atoms with Crippen LogP contribution in [0.2, 0.25) is 0 Å².